The third-order valence-electron chi connectivity index (χ3n) is 5.82. The quantitative estimate of drug-likeness (QED) is 0.540. The summed E-state index contributed by atoms with van der Waals surface area (Å²) in [6, 6.07) is 12.8. The molecule has 1 aliphatic rings. The smallest absolute Gasteiger partial charge is 0.242 e. The first-order valence-electron chi connectivity index (χ1n) is 12.0. The maximum absolute atomic E-state index is 13.4. The maximum atomic E-state index is 13.4. The normalized spacial score (nSPS) is 13.3. The topological polar surface area (TPSA) is 77.1 Å². The van der Waals surface area contributed by atoms with Crippen molar-refractivity contribution in [2.45, 2.75) is 52.6 Å². The average Bonchev–Trinajstić information content (AvgIpc) is 2.86. The van der Waals surface area contributed by atoms with Crippen LogP contribution in [0.15, 0.2) is 42.5 Å². The molecule has 0 saturated heterocycles. The second-order valence-corrected chi connectivity index (χ2v) is 8.91. The van der Waals surface area contributed by atoms with Gasteiger partial charge in [-0.2, -0.15) is 0 Å². The van der Waals surface area contributed by atoms with E-state index in [1.807, 2.05) is 49.4 Å². The Morgan fingerprint density at radius 3 is 2.35 bits per heavy atom. The summed E-state index contributed by atoms with van der Waals surface area (Å²) in [5.41, 5.74) is 1.95. The van der Waals surface area contributed by atoms with E-state index in [2.05, 4.69) is 19.2 Å². The number of aryl methyl sites for hydroxylation is 1. The van der Waals surface area contributed by atoms with Crippen LogP contribution in [0.5, 0.6) is 17.2 Å². The Hall–Kier alpha value is -3.22. The molecular formula is C27H36N2O5. The van der Waals surface area contributed by atoms with E-state index in [0.29, 0.717) is 57.2 Å². The number of nitrogens with one attached hydrogen (secondary N) is 1. The van der Waals surface area contributed by atoms with Crippen molar-refractivity contribution in [3.63, 3.8) is 0 Å². The van der Waals surface area contributed by atoms with Gasteiger partial charge < -0.3 is 24.4 Å². The van der Waals surface area contributed by atoms with Crippen molar-refractivity contribution in [1.82, 2.24) is 10.2 Å². The summed E-state index contributed by atoms with van der Waals surface area (Å²) in [6.07, 6.45) is 1.39. The Kier molecular flexibility index (Phi) is 9.19. The lowest BCUT2D eigenvalue weighted by atomic mass is 10.1. The van der Waals surface area contributed by atoms with Crippen LogP contribution in [0.2, 0.25) is 0 Å². The standard InChI is InChI=1S/C27H36N2O5/c1-5-23(27(31)28-17-19(2)3)29(18-21-6-10-22(32-4)11-7-21)26(30)13-9-20-8-12-24-25(16-20)34-15-14-33-24/h6-8,10-12,16,19,23H,5,9,13-15,17-18H2,1-4H3,(H,28,31)/t23-/m0/s1. The molecule has 0 aliphatic carbocycles. The molecule has 3 rings (SSSR count). The Morgan fingerprint density at radius 2 is 1.71 bits per heavy atom. The molecular weight excluding hydrogens is 432 g/mol. The van der Waals surface area contributed by atoms with E-state index in [1.165, 1.54) is 0 Å². The van der Waals surface area contributed by atoms with Crippen LogP contribution in [0.25, 0.3) is 0 Å². The molecule has 34 heavy (non-hydrogen) atoms. The van der Waals surface area contributed by atoms with E-state index in [1.54, 1.807) is 12.0 Å². The number of ether oxygens (including phenoxy) is 3. The predicted molar refractivity (Wildman–Crippen MR) is 131 cm³/mol. The zero-order chi connectivity index (χ0) is 24.5. The summed E-state index contributed by atoms with van der Waals surface area (Å²) < 4.78 is 16.5. The molecule has 0 spiro atoms. The number of hydrogen-bond acceptors (Lipinski definition) is 5. The van der Waals surface area contributed by atoms with E-state index in [0.717, 1.165) is 22.6 Å². The highest BCUT2D eigenvalue weighted by Crippen LogP contribution is 2.31. The van der Waals surface area contributed by atoms with E-state index >= 15 is 0 Å². The van der Waals surface area contributed by atoms with Crippen LogP contribution < -0.4 is 19.5 Å². The summed E-state index contributed by atoms with van der Waals surface area (Å²) in [5, 5.41) is 3.00. The van der Waals surface area contributed by atoms with Crippen LogP contribution in [-0.2, 0) is 22.6 Å². The molecule has 0 fully saturated rings. The number of carbonyl (C=O) groups excluding carboxylic acids is 2. The van der Waals surface area contributed by atoms with Gasteiger partial charge in [0, 0.05) is 19.5 Å². The summed E-state index contributed by atoms with van der Waals surface area (Å²) in [7, 11) is 1.62. The van der Waals surface area contributed by atoms with Crippen molar-refractivity contribution in [1.29, 1.82) is 0 Å². The number of hydrogen-bond donors (Lipinski definition) is 1. The minimum Gasteiger partial charge on any atom is -0.497 e. The van der Waals surface area contributed by atoms with E-state index in [9.17, 15) is 9.59 Å². The zero-order valence-corrected chi connectivity index (χ0v) is 20.6. The molecule has 0 saturated carbocycles. The van der Waals surface area contributed by atoms with Gasteiger partial charge in [-0.05, 0) is 54.2 Å². The first kappa shape index (κ1) is 25.4. The fourth-order valence-electron chi connectivity index (χ4n) is 3.91. The first-order chi connectivity index (χ1) is 16.4. The number of carbonyl (C=O) groups is 2. The van der Waals surface area contributed by atoms with Gasteiger partial charge in [0.25, 0.3) is 0 Å². The highest BCUT2D eigenvalue weighted by Gasteiger charge is 2.28. The van der Waals surface area contributed by atoms with Gasteiger partial charge in [0.15, 0.2) is 11.5 Å². The van der Waals surface area contributed by atoms with Gasteiger partial charge in [-0.15, -0.1) is 0 Å². The molecule has 1 N–H and O–H groups in total. The van der Waals surface area contributed by atoms with Crippen molar-refractivity contribution in [2.24, 2.45) is 5.92 Å². The lowest BCUT2D eigenvalue weighted by Crippen LogP contribution is -2.49. The van der Waals surface area contributed by atoms with Crippen molar-refractivity contribution in [2.75, 3.05) is 26.9 Å². The Labute approximate surface area is 202 Å². The van der Waals surface area contributed by atoms with Crippen molar-refractivity contribution < 1.29 is 23.8 Å². The Bertz CT molecular complexity index is 958. The molecule has 0 radical (unpaired) electrons. The van der Waals surface area contributed by atoms with Gasteiger partial charge in [-0.1, -0.05) is 39.0 Å². The molecule has 7 heteroatoms. The SMILES string of the molecule is CC[C@@H](C(=O)NCC(C)C)N(Cc1ccc(OC)cc1)C(=O)CCc1ccc2c(c1)OCCO2. The van der Waals surface area contributed by atoms with Crippen LogP contribution in [0.1, 0.15) is 44.7 Å². The zero-order valence-electron chi connectivity index (χ0n) is 20.6. The fourth-order valence-corrected chi connectivity index (χ4v) is 3.91. The van der Waals surface area contributed by atoms with Gasteiger partial charge in [-0.3, -0.25) is 9.59 Å². The largest absolute Gasteiger partial charge is 0.497 e. The Morgan fingerprint density at radius 1 is 1.03 bits per heavy atom. The number of methoxy groups -OCH3 is 1. The maximum Gasteiger partial charge on any atom is 0.242 e. The van der Waals surface area contributed by atoms with Crippen molar-refractivity contribution in [3.8, 4) is 17.2 Å². The van der Waals surface area contributed by atoms with E-state index < -0.39 is 6.04 Å². The van der Waals surface area contributed by atoms with Gasteiger partial charge >= 0.3 is 0 Å². The number of rotatable bonds is 11. The first-order valence-corrected chi connectivity index (χ1v) is 12.0. The minimum atomic E-state index is -0.534. The Balaban J connectivity index is 1.74. The lowest BCUT2D eigenvalue weighted by molar-refractivity contribution is -0.141. The number of benzene rings is 2. The number of amides is 2. The molecule has 0 aromatic heterocycles. The summed E-state index contributed by atoms with van der Waals surface area (Å²) >= 11 is 0. The molecule has 2 aromatic carbocycles. The second-order valence-electron chi connectivity index (χ2n) is 8.91. The van der Waals surface area contributed by atoms with E-state index in [-0.39, 0.29) is 11.8 Å². The molecule has 7 nitrogen and oxygen atoms in total. The van der Waals surface area contributed by atoms with E-state index in [4.69, 9.17) is 14.2 Å². The van der Waals surface area contributed by atoms with Gasteiger partial charge in [0.05, 0.1) is 7.11 Å². The molecule has 1 heterocycles. The molecule has 1 atom stereocenters. The van der Waals surface area contributed by atoms with Gasteiger partial charge in [0.2, 0.25) is 11.8 Å². The van der Waals surface area contributed by atoms with Crippen LogP contribution in [0, 0.1) is 5.92 Å². The summed E-state index contributed by atoms with van der Waals surface area (Å²) in [5.74, 6) is 2.36. The molecule has 0 bridgehead atoms. The predicted octanol–water partition coefficient (Wildman–Crippen LogP) is 3.98. The van der Waals surface area contributed by atoms with Crippen LogP contribution in [0.4, 0.5) is 0 Å². The third-order valence-corrected chi connectivity index (χ3v) is 5.82. The molecule has 184 valence electrons. The molecule has 2 aromatic rings. The van der Waals surface area contributed by atoms with Gasteiger partial charge in [0.1, 0.15) is 25.0 Å². The van der Waals surface area contributed by atoms with Crippen molar-refractivity contribution in [3.05, 3.63) is 53.6 Å². The number of nitrogens with zero attached hydrogens (tertiary/aromatic N) is 1. The van der Waals surface area contributed by atoms with Crippen LogP contribution in [-0.4, -0.2) is 49.6 Å². The third kappa shape index (κ3) is 6.89. The molecule has 1 aliphatic heterocycles. The lowest BCUT2D eigenvalue weighted by Gasteiger charge is -2.31. The van der Waals surface area contributed by atoms with Gasteiger partial charge in [-0.25, -0.2) is 0 Å². The van der Waals surface area contributed by atoms with Crippen molar-refractivity contribution >= 4 is 11.8 Å². The highest BCUT2D eigenvalue weighted by atomic mass is 16.6. The fraction of sp³-hybridized carbons (Fsp3) is 0.481. The molecule has 0 unspecified atom stereocenters. The minimum absolute atomic E-state index is 0.0581. The second kappa shape index (κ2) is 12.3. The summed E-state index contributed by atoms with van der Waals surface area (Å²) in [4.78, 5) is 28.1. The molecule has 2 amide bonds. The van der Waals surface area contributed by atoms with Crippen LogP contribution >= 0.6 is 0 Å². The monoisotopic (exact) mass is 468 g/mol. The highest BCUT2D eigenvalue weighted by molar-refractivity contribution is 5.87. The average molecular weight is 469 g/mol. The summed E-state index contributed by atoms with van der Waals surface area (Å²) in [6.45, 7) is 8.05. The van der Waals surface area contributed by atoms with Crippen LogP contribution in [0.3, 0.4) is 0 Å². The number of fused-ring (bicyclic) bond motifs is 1.